The Bertz CT molecular complexity index is 283. The Morgan fingerprint density at radius 2 is 1.30 bits per heavy atom. The van der Waals surface area contributed by atoms with Gasteiger partial charge in [0, 0.05) is 0 Å². The van der Waals surface area contributed by atoms with Gasteiger partial charge in [-0.2, -0.15) is 11.8 Å². The van der Waals surface area contributed by atoms with Gasteiger partial charge in [-0.1, -0.05) is 71.1 Å². The van der Waals surface area contributed by atoms with E-state index in [9.17, 15) is 9.90 Å². The van der Waals surface area contributed by atoms with Gasteiger partial charge < -0.3 is 10.8 Å². The lowest BCUT2D eigenvalue weighted by Gasteiger charge is -2.18. The van der Waals surface area contributed by atoms with Gasteiger partial charge in [0.25, 0.3) is 0 Å². The third-order valence-electron chi connectivity index (χ3n) is 4.38. The number of carbonyl (C=O) groups excluding carboxylic acids is 1. The molecule has 138 valence electrons. The molecule has 1 amide bonds. The third kappa shape index (κ3) is 15.1. The summed E-state index contributed by atoms with van der Waals surface area (Å²) in [5, 5.41) is 9.72. The monoisotopic (exact) mass is 345 g/mol. The number of primary amides is 1. The molecule has 0 fully saturated rings. The number of hydrogen-bond acceptors (Lipinski definition) is 3. The first kappa shape index (κ1) is 22.8. The second kappa shape index (κ2) is 15.3. The third-order valence-corrected chi connectivity index (χ3v) is 5.53. The van der Waals surface area contributed by atoms with Crippen LogP contribution in [0.25, 0.3) is 0 Å². The lowest BCUT2D eigenvalue weighted by atomic mass is 9.97. The molecule has 0 aliphatic heterocycles. The number of aliphatic hydroxyl groups is 1. The molecular weight excluding hydrogens is 306 g/mol. The van der Waals surface area contributed by atoms with Gasteiger partial charge in [0.05, 0.1) is 0 Å². The molecule has 3 nitrogen and oxygen atoms in total. The van der Waals surface area contributed by atoms with Gasteiger partial charge in [-0.05, 0) is 37.7 Å². The van der Waals surface area contributed by atoms with Crippen molar-refractivity contribution in [2.45, 2.75) is 103 Å². The van der Waals surface area contributed by atoms with E-state index < -0.39 is 11.5 Å². The Morgan fingerprint density at radius 1 is 0.870 bits per heavy atom. The van der Waals surface area contributed by atoms with E-state index in [1.54, 1.807) is 0 Å². The number of carbonyl (C=O) groups is 1. The van der Waals surface area contributed by atoms with E-state index in [4.69, 9.17) is 5.73 Å². The first-order valence-electron chi connectivity index (χ1n) is 9.60. The standard InChI is InChI=1S/C19H39NO2S/c1-3-4-5-13-16-23-17-14-11-9-7-6-8-10-12-15-19(2,22)18(20)21/h22H,3-17H2,1-2H3,(H2,20,21). The summed E-state index contributed by atoms with van der Waals surface area (Å²) in [6.07, 6.45) is 15.8. The van der Waals surface area contributed by atoms with E-state index in [1.807, 2.05) is 0 Å². The molecule has 1 atom stereocenters. The van der Waals surface area contributed by atoms with E-state index in [-0.39, 0.29) is 0 Å². The van der Waals surface area contributed by atoms with Gasteiger partial charge >= 0.3 is 0 Å². The van der Waals surface area contributed by atoms with Crippen molar-refractivity contribution in [3.63, 3.8) is 0 Å². The minimum atomic E-state index is -1.33. The molecule has 1 unspecified atom stereocenters. The fraction of sp³-hybridized carbons (Fsp3) is 0.947. The number of nitrogens with two attached hydrogens (primary N) is 1. The first-order valence-corrected chi connectivity index (χ1v) is 10.8. The molecule has 0 aliphatic rings. The summed E-state index contributed by atoms with van der Waals surface area (Å²) in [6.45, 7) is 3.77. The summed E-state index contributed by atoms with van der Waals surface area (Å²) < 4.78 is 0. The highest BCUT2D eigenvalue weighted by Crippen LogP contribution is 2.16. The van der Waals surface area contributed by atoms with Crippen LogP contribution in [0.4, 0.5) is 0 Å². The maximum absolute atomic E-state index is 11.0. The van der Waals surface area contributed by atoms with Crippen molar-refractivity contribution in [1.82, 2.24) is 0 Å². The van der Waals surface area contributed by atoms with Gasteiger partial charge in [-0.15, -0.1) is 0 Å². The van der Waals surface area contributed by atoms with Gasteiger partial charge in [-0.25, -0.2) is 0 Å². The summed E-state index contributed by atoms with van der Waals surface area (Å²) in [5.74, 6) is 2.06. The first-order chi connectivity index (χ1) is 11.0. The smallest absolute Gasteiger partial charge is 0.249 e. The topological polar surface area (TPSA) is 63.3 Å². The zero-order chi connectivity index (χ0) is 17.4. The molecule has 4 heteroatoms. The number of unbranched alkanes of at least 4 members (excludes halogenated alkanes) is 10. The van der Waals surface area contributed by atoms with Crippen LogP contribution in [0, 0.1) is 0 Å². The molecule has 0 aromatic rings. The van der Waals surface area contributed by atoms with Crippen LogP contribution in [0.5, 0.6) is 0 Å². The molecule has 0 radical (unpaired) electrons. The van der Waals surface area contributed by atoms with Gasteiger partial charge in [0.1, 0.15) is 5.60 Å². The van der Waals surface area contributed by atoms with Crippen LogP contribution in [0.1, 0.15) is 97.3 Å². The molecule has 0 bridgehead atoms. The van der Waals surface area contributed by atoms with Crippen LogP contribution < -0.4 is 5.73 Å². The Hall–Kier alpha value is -0.220. The highest BCUT2D eigenvalue weighted by Gasteiger charge is 2.26. The van der Waals surface area contributed by atoms with E-state index in [0.717, 1.165) is 12.8 Å². The van der Waals surface area contributed by atoms with Crippen LogP contribution in [-0.4, -0.2) is 28.1 Å². The van der Waals surface area contributed by atoms with E-state index in [1.165, 1.54) is 82.6 Å². The molecule has 0 saturated carbocycles. The summed E-state index contributed by atoms with van der Waals surface area (Å²) >= 11 is 2.12. The van der Waals surface area contributed by atoms with Gasteiger partial charge in [0.15, 0.2) is 0 Å². The molecule has 0 heterocycles. The highest BCUT2D eigenvalue weighted by molar-refractivity contribution is 7.99. The van der Waals surface area contributed by atoms with Gasteiger partial charge in [0.2, 0.25) is 5.91 Å². The predicted molar refractivity (Wildman–Crippen MR) is 103 cm³/mol. The Balaban J connectivity index is 3.15. The van der Waals surface area contributed by atoms with E-state index in [0.29, 0.717) is 6.42 Å². The maximum Gasteiger partial charge on any atom is 0.249 e. The van der Waals surface area contributed by atoms with Crippen LogP contribution >= 0.6 is 11.8 Å². The lowest BCUT2D eigenvalue weighted by molar-refractivity contribution is -0.135. The van der Waals surface area contributed by atoms with Crippen LogP contribution in [0.2, 0.25) is 0 Å². The normalized spacial score (nSPS) is 13.9. The molecule has 0 spiro atoms. The second-order valence-electron chi connectivity index (χ2n) is 6.89. The molecule has 0 rings (SSSR count). The Kier molecular flexibility index (Phi) is 15.2. The number of amides is 1. The lowest BCUT2D eigenvalue weighted by Crippen LogP contribution is -2.40. The minimum Gasteiger partial charge on any atom is -0.380 e. The molecular formula is C19H39NO2S. The van der Waals surface area contributed by atoms with Crippen LogP contribution in [0.15, 0.2) is 0 Å². The zero-order valence-electron chi connectivity index (χ0n) is 15.4. The maximum atomic E-state index is 11.0. The molecule has 23 heavy (non-hydrogen) atoms. The highest BCUT2D eigenvalue weighted by atomic mass is 32.2. The largest absolute Gasteiger partial charge is 0.380 e. The molecule has 0 aliphatic carbocycles. The fourth-order valence-corrected chi connectivity index (χ4v) is 3.61. The molecule has 3 N–H and O–H groups in total. The number of thioether (sulfide) groups is 1. The van der Waals surface area contributed by atoms with E-state index in [2.05, 4.69) is 18.7 Å². The van der Waals surface area contributed by atoms with Crippen molar-refractivity contribution < 1.29 is 9.90 Å². The Labute approximate surface area is 148 Å². The van der Waals surface area contributed by atoms with Gasteiger partial charge in [-0.3, -0.25) is 4.79 Å². The van der Waals surface area contributed by atoms with E-state index >= 15 is 0 Å². The average molecular weight is 346 g/mol. The molecule has 0 aromatic carbocycles. The van der Waals surface area contributed by atoms with Crippen molar-refractivity contribution in [2.24, 2.45) is 5.73 Å². The van der Waals surface area contributed by atoms with Crippen molar-refractivity contribution in [2.75, 3.05) is 11.5 Å². The SMILES string of the molecule is CCCCCCSCCCCCCCCCCC(C)(O)C(N)=O. The Morgan fingerprint density at radius 3 is 1.78 bits per heavy atom. The summed E-state index contributed by atoms with van der Waals surface area (Å²) in [6, 6.07) is 0. The predicted octanol–water partition coefficient (Wildman–Crippen LogP) is 5.05. The second-order valence-corrected chi connectivity index (χ2v) is 8.11. The molecule has 0 saturated heterocycles. The minimum absolute atomic E-state index is 0.484. The van der Waals surface area contributed by atoms with Crippen LogP contribution in [0.3, 0.4) is 0 Å². The summed E-state index contributed by atoms with van der Waals surface area (Å²) in [4.78, 5) is 11.0. The molecule has 0 aromatic heterocycles. The fourth-order valence-electron chi connectivity index (χ4n) is 2.59. The summed E-state index contributed by atoms with van der Waals surface area (Å²) in [5.41, 5.74) is 3.82. The quantitative estimate of drug-likeness (QED) is 0.363. The average Bonchev–Trinajstić information content (AvgIpc) is 2.51. The van der Waals surface area contributed by atoms with Crippen molar-refractivity contribution in [3.05, 3.63) is 0 Å². The van der Waals surface area contributed by atoms with Crippen molar-refractivity contribution in [3.8, 4) is 0 Å². The number of hydrogen-bond donors (Lipinski definition) is 2. The van der Waals surface area contributed by atoms with Crippen LogP contribution in [-0.2, 0) is 4.79 Å². The zero-order valence-corrected chi connectivity index (χ0v) is 16.3. The van der Waals surface area contributed by atoms with Crippen molar-refractivity contribution in [1.29, 1.82) is 0 Å². The van der Waals surface area contributed by atoms with Crippen molar-refractivity contribution >= 4 is 17.7 Å². The summed E-state index contributed by atoms with van der Waals surface area (Å²) in [7, 11) is 0. The number of rotatable bonds is 17.